The van der Waals surface area contributed by atoms with Crippen molar-refractivity contribution in [1.82, 2.24) is 5.48 Å². The number of allylic oxidation sites excluding steroid dienone is 1. The largest absolute Gasteiger partial charge is 0.291 e. The maximum absolute atomic E-state index is 7.91. The summed E-state index contributed by atoms with van der Waals surface area (Å²) in [6.45, 7) is 6.62. The van der Waals surface area contributed by atoms with Crippen LogP contribution in [0.5, 0.6) is 0 Å². The average Bonchev–Trinajstić information content (AvgIpc) is 1.65. The monoisotopic (exact) mass is 85.1 g/mol. The lowest BCUT2D eigenvalue weighted by molar-refractivity contribution is 0.205. The fourth-order valence-corrected chi connectivity index (χ4v) is 0.0456. The first kappa shape index (κ1) is 5.24. The first-order chi connectivity index (χ1) is 2.81. The van der Waals surface area contributed by atoms with Gasteiger partial charge in [-0.15, -0.1) is 0 Å². The molecule has 0 amide bonds. The number of hydrogen-bond donors (Lipinski definition) is 2. The number of hydroxylamine groups is 1. The smallest absolute Gasteiger partial charge is 0.0524 e. The minimum Gasteiger partial charge on any atom is -0.291 e. The molecular formula is C4H7NO. The van der Waals surface area contributed by atoms with Crippen molar-refractivity contribution in [3.05, 3.63) is 24.9 Å². The Bertz CT molecular complexity index is 67.9. The van der Waals surface area contributed by atoms with E-state index in [1.54, 1.807) is 5.48 Å². The standard InChI is InChI=1S/C4H7NO/c1-3-4(2)5-6/h3,5-6H,1-2H2. The van der Waals surface area contributed by atoms with Crippen molar-refractivity contribution in [2.75, 3.05) is 0 Å². The highest BCUT2D eigenvalue weighted by atomic mass is 16.5. The number of rotatable bonds is 2. The van der Waals surface area contributed by atoms with Crippen LogP contribution in [0.25, 0.3) is 0 Å². The van der Waals surface area contributed by atoms with Crippen molar-refractivity contribution in [2.24, 2.45) is 0 Å². The van der Waals surface area contributed by atoms with Crippen LogP contribution in [0.3, 0.4) is 0 Å². The van der Waals surface area contributed by atoms with Crippen LogP contribution < -0.4 is 5.48 Å². The topological polar surface area (TPSA) is 32.3 Å². The van der Waals surface area contributed by atoms with Crippen LogP contribution in [0, 0.1) is 0 Å². The quantitative estimate of drug-likeness (QED) is 0.381. The van der Waals surface area contributed by atoms with Crippen molar-refractivity contribution in [3.63, 3.8) is 0 Å². The van der Waals surface area contributed by atoms with Gasteiger partial charge < -0.3 is 0 Å². The lowest BCUT2D eigenvalue weighted by atomic mass is 10.5. The molecule has 0 heterocycles. The summed E-state index contributed by atoms with van der Waals surface area (Å²) in [6.07, 6.45) is 1.42. The van der Waals surface area contributed by atoms with Gasteiger partial charge in [-0.05, 0) is 6.08 Å². The fourth-order valence-electron chi connectivity index (χ4n) is 0.0456. The molecule has 2 nitrogen and oxygen atoms in total. The van der Waals surface area contributed by atoms with Crippen molar-refractivity contribution < 1.29 is 5.21 Å². The van der Waals surface area contributed by atoms with Crippen LogP contribution >= 0.6 is 0 Å². The van der Waals surface area contributed by atoms with Gasteiger partial charge in [0.05, 0.1) is 5.70 Å². The molecule has 0 rings (SSSR count). The fraction of sp³-hybridized carbons (Fsp3) is 0. The Hall–Kier alpha value is -0.760. The van der Waals surface area contributed by atoms with E-state index in [1.807, 2.05) is 0 Å². The lowest BCUT2D eigenvalue weighted by Crippen LogP contribution is -2.00. The Morgan fingerprint density at radius 3 is 2.33 bits per heavy atom. The van der Waals surface area contributed by atoms with Crippen LogP contribution in [0.1, 0.15) is 0 Å². The van der Waals surface area contributed by atoms with E-state index in [1.165, 1.54) is 6.08 Å². The first-order valence-corrected chi connectivity index (χ1v) is 1.52. The normalized spacial score (nSPS) is 6.83. The zero-order valence-electron chi connectivity index (χ0n) is 3.44. The minimum atomic E-state index is 0.412. The number of nitrogens with one attached hydrogen (secondary N) is 1. The Morgan fingerprint density at radius 1 is 1.83 bits per heavy atom. The predicted octanol–water partition coefficient (Wildman–Crippen LogP) is 0.665. The van der Waals surface area contributed by atoms with E-state index in [9.17, 15) is 0 Å². The van der Waals surface area contributed by atoms with Crippen LogP contribution in [-0.2, 0) is 0 Å². The molecule has 0 aliphatic heterocycles. The Morgan fingerprint density at radius 2 is 2.33 bits per heavy atom. The summed E-state index contributed by atoms with van der Waals surface area (Å²) in [5, 5.41) is 7.91. The van der Waals surface area contributed by atoms with E-state index >= 15 is 0 Å². The maximum atomic E-state index is 7.91. The molecule has 0 saturated heterocycles. The summed E-state index contributed by atoms with van der Waals surface area (Å²) in [6, 6.07) is 0. The molecule has 0 spiro atoms. The molecule has 0 unspecified atom stereocenters. The molecule has 0 bridgehead atoms. The van der Waals surface area contributed by atoms with Gasteiger partial charge >= 0.3 is 0 Å². The maximum Gasteiger partial charge on any atom is 0.0524 e. The molecule has 0 aromatic heterocycles. The summed E-state index contributed by atoms with van der Waals surface area (Å²) < 4.78 is 0. The highest BCUT2D eigenvalue weighted by molar-refractivity contribution is 5.05. The summed E-state index contributed by atoms with van der Waals surface area (Å²) in [7, 11) is 0. The van der Waals surface area contributed by atoms with Gasteiger partial charge in [0, 0.05) is 0 Å². The molecule has 6 heavy (non-hydrogen) atoms. The third kappa shape index (κ3) is 1.55. The summed E-state index contributed by atoms with van der Waals surface area (Å²) >= 11 is 0. The van der Waals surface area contributed by atoms with Gasteiger partial charge in [0.1, 0.15) is 0 Å². The second kappa shape index (κ2) is 2.48. The highest BCUT2D eigenvalue weighted by Crippen LogP contribution is 1.76. The molecule has 0 fully saturated rings. The van der Waals surface area contributed by atoms with E-state index in [0.717, 1.165) is 0 Å². The van der Waals surface area contributed by atoms with E-state index in [2.05, 4.69) is 13.2 Å². The molecule has 0 atom stereocenters. The molecule has 0 saturated carbocycles. The van der Waals surface area contributed by atoms with Crippen LogP contribution in [0.2, 0.25) is 0 Å². The zero-order valence-corrected chi connectivity index (χ0v) is 3.44. The molecule has 0 aromatic carbocycles. The minimum absolute atomic E-state index is 0.412. The Balaban J connectivity index is 3.23. The van der Waals surface area contributed by atoms with Crippen LogP contribution in [0.4, 0.5) is 0 Å². The molecule has 0 aromatic rings. The summed E-state index contributed by atoms with van der Waals surface area (Å²) in [5.74, 6) is 0. The van der Waals surface area contributed by atoms with Crippen LogP contribution in [-0.4, -0.2) is 5.21 Å². The number of hydrogen-bond acceptors (Lipinski definition) is 2. The van der Waals surface area contributed by atoms with E-state index in [0.29, 0.717) is 5.70 Å². The third-order valence-electron chi connectivity index (χ3n) is 0.390. The van der Waals surface area contributed by atoms with Crippen molar-refractivity contribution in [2.45, 2.75) is 0 Å². The van der Waals surface area contributed by atoms with Gasteiger partial charge in [-0.1, -0.05) is 13.2 Å². The van der Waals surface area contributed by atoms with Crippen molar-refractivity contribution in [3.8, 4) is 0 Å². The summed E-state index contributed by atoms with van der Waals surface area (Å²) in [4.78, 5) is 0. The molecular weight excluding hydrogens is 78.0 g/mol. The Labute approximate surface area is 36.8 Å². The first-order valence-electron chi connectivity index (χ1n) is 1.52. The van der Waals surface area contributed by atoms with Gasteiger partial charge in [-0.25, -0.2) is 0 Å². The van der Waals surface area contributed by atoms with E-state index in [4.69, 9.17) is 5.21 Å². The van der Waals surface area contributed by atoms with Crippen molar-refractivity contribution in [1.29, 1.82) is 0 Å². The molecule has 0 radical (unpaired) electrons. The summed E-state index contributed by atoms with van der Waals surface area (Å²) in [5.41, 5.74) is 2.21. The van der Waals surface area contributed by atoms with Crippen molar-refractivity contribution >= 4 is 0 Å². The van der Waals surface area contributed by atoms with Gasteiger partial charge in [0.15, 0.2) is 0 Å². The molecule has 0 aliphatic rings. The predicted molar refractivity (Wildman–Crippen MR) is 24.3 cm³/mol. The van der Waals surface area contributed by atoms with Gasteiger partial charge in [0.25, 0.3) is 0 Å². The van der Waals surface area contributed by atoms with E-state index < -0.39 is 0 Å². The molecule has 2 N–H and O–H groups in total. The second-order valence-corrected chi connectivity index (χ2v) is 0.841. The second-order valence-electron chi connectivity index (χ2n) is 0.841. The van der Waals surface area contributed by atoms with Gasteiger partial charge in [-0.3, -0.25) is 10.7 Å². The Kier molecular flexibility index (Phi) is 2.16. The SMILES string of the molecule is C=CC(=C)NO. The highest BCUT2D eigenvalue weighted by Gasteiger charge is 1.70. The lowest BCUT2D eigenvalue weighted by Gasteiger charge is -1.88. The zero-order chi connectivity index (χ0) is 4.99. The van der Waals surface area contributed by atoms with Crippen LogP contribution in [0.15, 0.2) is 24.9 Å². The van der Waals surface area contributed by atoms with Gasteiger partial charge in [0.2, 0.25) is 0 Å². The molecule has 2 heteroatoms. The molecule has 34 valence electrons. The van der Waals surface area contributed by atoms with Gasteiger partial charge in [-0.2, -0.15) is 0 Å². The molecule has 0 aliphatic carbocycles. The third-order valence-corrected chi connectivity index (χ3v) is 0.390. The average molecular weight is 85.1 g/mol. The van der Waals surface area contributed by atoms with E-state index in [-0.39, 0.29) is 0 Å².